The van der Waals surface area contributed by atoms with E-state index in [0.29, 0.717) is 24.7 Å². The third-order valence-corrected chi connectivity index (χ3v) is 3.16. The van der Waals surface area contributed by atoms with Gasteiger partial charge >= 0.3 is 0 Å². The summed E-state index contributed by atoms with van der Waals surface area (Å²) in [6.07, 6.45) is 1.77. The van der Waals surface area contributed by atoms with Gasteiger partial charge in [0.1, 0.15) is 23.8 Å². The number of hydrazine groups is 1. The molecule has 7 heteroatoms. The van der Waals surface area contributed by atoms with Crippen molar-refractivity contribution < 1.29 is 8.78 Å². The molecule has 114 valence electrons. The Morgan fingerprint density at radius 1 is 1.33 bits per heavy atom. The predicted octanol–water partition coefficient (Wildman–Crippen LogP) is 1.96. The van der Waals surface area contributed by atoms with Crippen molar-refractivity contribution in [2.75, 3.05) is 0 Å². The van der Waals surface area contributed by atoms with Gasteiger partial charge in [-0.05, 0) is 24.1 Å². The molecule has 0 fully saturated rings. The number of hydrogen-bond acceptors (Lipinski definition) is 4. The highest BCUT2D eigenvalue weighted by Gasteiger charge is 2.19. The third kappa shape index (κ3) is 3.83. The van der Waals surface area contributed by atoms with Crippen molar-refractivity contribution in [3.8, 4) is 0 Å². The summed E-state index contributed by atoms with van der Waals surface area (Å²) in [5.74, 6) is 5.57. The molecule has 1 atom stereocenters. The topological polar surface area (TPSA) is 68.8 Å². The maximum absolute atomic E-state index is 13.8. The zero-order chi connectivity index (χ0) is 15.4. The van der Waals surface area contributed by atoms with Gasteiger partial charge in [-0.3, -0.25) is 11.3 Å². The zero-order valence-corrected chi connectivity index (χ0v) is 12.1. The van der Waals surface area contributed by atoms with Gasteiger partial charge in [0.05, 0.1) is 6.04 Å². The van der Waals surface area contributed by atoms with E-state index in [1.165, 1.54) is 6.33 Å². The van der Waals surface area contributed by atoms with Gasteiger partial charge in [0.15, 0.2) is 0 Å². The summed E-state index contributed by atoms with van der Waals surface area (Å²) >= 11 is 0. The van der Waals surface area contributed by atoms with Crippen LogP contribution in [-0.4, -0.2) is 14.8 Å². The zero-order valence-electron chi connectivity index (χ0n) is 12.1. The first-order valence-corrected chi connectivity index (χ1v) is 6.79. The van der Waals surface area contributed by atoms with E-state index in [-0.39, 0.29) is 5.56 Å². The van der Waals surface area contributed by atoms with Crippen molar-refractivity contribution >= 4 is 0 Å². The minimum Gasteiger partial charge on any atom is -0.271 e. The molecule has 0 aliphatic carbocycles. The van der Waals surface area contributed by atoms with Gasteiger partial charge in [-0.1, -0.05) is 13.8 Å². The highest BCUT2D eigenvalue weighted by Crippen LogP contribution is 2.21. The summed E-state index contributed by atoms with van der Waals surface area (Å²) in [4.78, 5) is 4.17. The van der Waals surface area contributed by atoms with Crippen molar-refractivity contribution in [3.05, 3.63) is 47.5 Å². The number of benzene rings is 1. The smallest absolute Gasteiger partial charge is 0.138 e. The Labute approximate surface area is 122 Å². The molecule has 2 aromatic rings. The van der Waals surface area contributed by atoms with Crippen LogP contribution in [0.2, 0.25) is 0 Å². The van der Waals surface area contributed by atoms with Gasteiger partial charge < -0.3 is 0 Å². The molecule has 1 unspecified atom stereocenters. The van der Waals surface area contributed by atoms with E-state index < -0.39 is 17.7 Å². The number of rotatable bonds is 6. The Kier molecular flexibility index (Phi) is 4.98. The van der Waals surface area contributed by atoms with Gasteiger partial charge in [-0.2, -0.15) is 5.10 Å². The first kappa shape index (κ1) is 15.5. The van der Waals surface area contributed by atoms with E-state index in [1.807, 2.05) is 0 Å². The maximum Gasteiger partial charge on any atom is 0.138 e. The molecule has 0 radical (unpaired) electrons. The Bertz CT molecular complexity index is 597. The van der Waals surface area contributed by atoms with Crippen LogP contribution in [-0.2, 0) is 13.0 Å². The summed E-state index contributed by atoms with van der Waals surface area (Å²) < 4.78 is 28.9. The summed E-state index contributed by atoms with van der Waals surface area (Å²) in [7, 11) is 0. The van der Waals surface area contributed by atoms with Crippen molar-refractivity contribution in [3.63, 3.8) is 0 Å². The number of hydrogen-bond donors (Lipinski definition) is 2. The van der Waals surface area contributed by atoms with Crippen molar-refractivity contribution in [2.24, 2.45) is 11.8 Å². The molecule has 2 rings (SSSR count). The summed E-state index contributed by atoms with van der Waals surface area (Å²) in [6, 6.07) is 2.74. The SMILES string of the molecule is CC(C)Cn1ncnc1CC(NN)c1cc(F)ccc1F. The fraction of sp³-hybridized carbons (Fsp3) is 0.429. The number of aromatic nitrogens is 3. The molecule has 3 N–H and O–H groups in total. The van der Waals surface area contributed by atoms with Crippen LogP contribution in [0, 0.1) is 17.6 Å². The van der Waals surface area contributed by atoms with Gasteiger partial charge in [0.2, 0.25) is 0 Å². The Hall–Kier alpha value is -1.86. The number of nitrogens with zero attached hydrogens (tertiary/aromatic N) is 3. The number of nitrogens with two attached hydrogens (primary N) is 1. The van der Waals surface area contributed by atoms with E-state index in [2.05, 4.69) is 29.4 Å². The summed E-state index contributed by atoms with van der Waals surface area (Å²) in [5.41, 5.74) is 2.69. The molecular weight excluding hydrogens is 276 g/mol. The predicted molar refractivity (Wildman–Crippen MR) is 75.0 cm³/mol. The molecule has 1 aromatic heterocycles. The molecule has 0 spiro atoms. The lowest BCUT2D eigenvalue weighted by Crippen LogP contribution is -2.31. The lowest BCUT2D eigenvalue weighted by Gasteiger charge is -2.17. The normalized spacial score (nSPS) is 12.9. The fourth-order valence-corrected chi connectivity index (χ4v) is 2.17. The lowest BCUT2D eigenvalue weighted by molar-refractivity contribution is 0.439. The van der Waals surface area contributed by atoms with Gasteiger partial charge in [-0.15, -0.1) is 0 Å². The average Bonchev–Trinajstić information content (AvgIpc) is 2.85. The van der Waals surface area contributed by atoms with Crippen LogP contribution < -0.4 is 11.3 Å². The summed E-state index contributed by atoms with van der Waals surface area (Å²) in [5, 5.41) is 4.15. The van der Waals surface area contributed by atoms with Gasteiger partial charge in [0, 0.05) is 18.5 Å². The molecule has 0 saturated carbocycles. The molecule has 0 aliphatic heterocycles. The lowest BCUT2D eigenvalue weighted by atomic mass is 10.0. The van der Waals surface area contributed by atoms with E-state index >= 15 is 0 Å². The monoisotopic (exact) mass is 295 g/mol. The molecule has 0 saturated heterocycles. The average molecular weight is 295 g/mol. The van der Waals surface area contributed by atoms with Crippen LogP contribution >= 0.6 is 0 Å². The second-order valence-electron chi connectivity index (χ2n) is 5.34. The molecule has 1 aromatic carbocycles. The second-order valence-corrected chi connectivity index (χ2v) is 5.34. The fourth-order valence-electron chi connectivity index (χ4n) is 2.17. The summed E-state index contributed by atoms with van der Waals surface area (Å²) in [6.45, 7) is 4.84. The largest absolute Gasteiger partial charge is 0.271 e. The first-order chi connectivity index (χ1) is 10.0. The van der Waals surface area contributed by atoms with Gasteiger partial charge in [-0.25, -0.2) is 18.4 Å². The molecule has 1 heterocycles. The quantitative estimate of drug-likeness (QED) is 0.631. The number of nitrogens with one attached hydrogen (secondary N) is 1. The number of halogens is 2. The molecular formula is C14H19F2N5. The molecule has 0 aliphatic rings. The van der Waals surface area contributed by atoms with Crippen molar-refractivity contribution in [2.45, 2.75) is 32.9 Å². The standard InChI is InChI=1S/C14H19F2N5/c1-9(2)7-21-14(18-8-19-21)6-13(20-17)11-5-10(15)3-4-12(11)16/h3-5,8-9,13,20H,6-7,17H2,1-2H3. The Balaban J connectivity index is 2.23. The molecule has 0 amide bonds. The third-order valence-electron chi connectivity index (χ3n) is 3.16. The van der Waals surface area contributed by atoms with E-state index in [0.717, 1.165) is 18.2 Å². The van der Waals surface area contributed by atoms with E-state index in [9.17, 15) is 8.78 Å². The van der Waals surface area contributed by atoms with E-state index in [1.54, 1.807) is 4.68 Å². The van der Waals surface area contributed by atoms with Crippen LogP contribution in [0.1, 0.15) is 31.3 Å². The molecule has 0 bridgehead atoms. The minimum atomic E-state index is -0.573. The highest BCUT2D eigenvalue weighted by molar-refractivity contribution is 5.23. The first-order valence-electron chi connectivity index (χ1n) is 6.79. The van der Waals surface area contributed by atoms with Crippen LogP contribution in [0.15, 0.2) is 24.5 Å². The Morgan fingerprint density at radius 3 is 2.76 bits per heavy atom. The van der Waals surface area contributed by atoms with Crippen LogP contribution in [0.5, 0.6) is 0 Å². The van der Waals surface area contributed by atoms with Crippen LogP contribution in [0.3, 0.4) is 0 Å². The maximum atomic E-state index is 13.8. The van der Waals surface area contributed by atoms with Crippen LogP contribution in [0.4, 0.5) is 8.78 Å². The molecule has 21 heavy (non-hydrogen) atoms. The molecule has 5 nitrogen and oxygen atoms in total. The van der Waals surface area contributed by atoms with Crippen molar-refractivity contribution in [1.29, 1.82) is 0 Å². The van der Waals surface area contributed by atoms with Gasteiger partial charge in [0.25, 0.3) is 0 Å². The van der Waals surface area contributed by atoms with Crippen molar-refractivity contribution in [1.82, 2.24) is 20.2 Å². The van der Waals surface area contributed by atoms with Crippen LogP contribution in [0.25, 0.3) is 0 Å². The van der Waals surface area contributed by atoms with E-state index in [4.69, 9.17) is 5.84 Å². The second kappa shape index (κ2) is 6.73. The highest BCUT2D eigenvalue weighted by atomic mass is 19.1. The minimum absolute atomic E-state index is 0.177. The Morgan fingerprint density at radius 2 is 2.10 bits per heavy atom.